The molecule has 2 aromatic carbocycles. The van der Waals surface area contributed by atoms with Gasteiger partial charge in [0.2, 0.25) is 5.88 Å². The highest BCUT2D eigenvalue weighted by Crippen LogP contribution is 2.28. The number of nitro groups is 1. The molecule has 0 aliphatic rings. The van der Waals surface area contributed by atoms with Crippen molar-refractivity contribution in [3.8, 4) is 11.6 Å². The number of non-ortho nitro benzene ring substituents is 1. The number of hydrogen-bond donors (Lipinski definition) is 1. The molecule has 7 nitrogen and oxygen atoms in total. The zero-order valence-electron chi connectivity index (χ0n) is 11.5. The molecule has 0 saturated carbocycles. The van der Waals surface area contributed by atoms with Crippen LogP contribution in [0.2, 0.25) is 5.02 Å². The van der Waals surface area contributed by atoms with Crippen LogP contribution in [0.1, 0.15) is 0 Å². The van der Waals surface area contributed by atoms with Gasteiger partial charge in [-0.25, -0.2) is 9.36 Å². The third-order valence-electron chi connectivity index (χ3n) is 3.18. The number of fused-ring (bicyclic) bond motifs is 1. The number of ether oxygens (including phenoxy) is 1. The Labute approximate surface area is 134 Å². The molecule has 1 N–H and O–H groups in total. The van der Waals surface area contributed by atoms with Crippen LogP contribution in [0.4, 0.5) is 10.5 Å². The predicted octanol–water partition coefficient (Wildman–Crippen LogP) is 3.96. The number of benzene rings is 2. The van der Waals surface area contributed by atoms with Gasteiger partial charge in [0, 0.05) is 28.6 Å². The van der Waals surface area contributed by atoms with Gasteiger partial charge in [-0.1, -0.05) is 11.6 Å². The normalized spacial score (nSPS) is 10.7. The van der Waals surface area contributed by atoms with Crippen molar-refractivity contribution in [2.24, 2.45) is 0 Å². The van der Waals surface area contributed by atoms with E-state index in [1.165, 1.54) is 30.3 Å². The molecule has 3 rings (SSSR count). The van der Waals surface area contributed by atoms with Crippen molar-refractivity contribution in [1.82, 2.24) is 4.57 Å². The third kappa shape index (κ3) is 2.82. The van der Waals surface area contributed by atoms with Crippen molar-refractivity contribution in [2.45, 2.75) is 0 Å². The molecule has 0 fully saturated rings. The minimum absolute atomic E-state index is 0.117. The molecule has 8 heteroatoms. The lowest BCUT2D eigenvalue weighted by molar-refractivity contribution is -0.384. The van der Waals surface area contributed by atoms with Gasteiger partial charge in [-0.3, -0.25) is 10.1 Å². The first-order chi connectivity index (χ1) is 11.0. The number of nitrogens with zero attached hydrogens (tertiary/aromatic N) is 2. The standard InChI is InChI=1S/C15H9ClN2O5/c16-10-1-6-13-9(7-10)8-14(19)17(13)15(20)23-12-4-2-11(3-5-12)18(21)22/h1-8,19H. The number of rotatable bonds is 2. The Kier molecular flexibility index (Phi) is 3.63. The summed E-state index contributed by atoms with van der Waals surface area (Å²) >= 11 is 5.87. The average Bonchev–Trinajstić information content (AvgIpc) is 2.82. The lowest BCUT2D eigenvalue weighted by atomic mass is 10.2. The van der Waals surface area contributed by atoms with E-state index in [9.17, 15) is 20.0 Å². The monoisotopic (exact) mass is 332 g/mol. The van der Waals surface area contributed by atoms with Gasteiger partial charge in [0.05, 0.1) is 10.4 Å². The third-order valence-corrected chi connectivity index (χ3v) is 3.41. The van der Waals surface area contributed by atoms with Crippen LogP contribution in [-0.2, 0) is 0 Å². The molecule has 0 saturated heterocycles. The summed E-state index contributed by atoms with van der Waals surface area (Å²) in [6.45, 7) is 0. The maximum Gasteiger partial charge on any atom is 0.426 e. The zero-order valence-corrected chi connectivity index (χ0v) is 12.2. The van der Waals surface area contributed by atoms with Crippen LogP contribution in [0, 0.1) is 10.1 Å². The van der Waals surface area contributed by atoms with E-state index in [-0.39, 0.29) is 17.3 Å². The van der Waals surface area contributed by atoms with E-state index in [0.717, 1.165) is 4.57 Å². The van der Waals surface area contributed by atoms with Crippen LogP contribution >= 0.6 is 11.6 Å². The van der Waals surface area contributed by atoms with Gasteiger partial charge in [-0.15, -0.1) is 0 Å². The molecule has 0 atom stereocenters. The second-order valence-corrected chi connectivity index (χ2v) is 5.10. The zero-order chi connectivity index (χ0) is 16.6. The van der Waals surface area contributed by atoms with E-state index in [1.807, 2.05) is 0 Å². The minimum Gasteiger partial charge on any atom is -0.494 e. The van der Waals surface area contributed by atoms with Gasteiger partial charge in [-0.05, 0) is 30.3 Å². The Bertz CT molecular complexity index is 918. The highest BCUT2D eigenvalue weighted by Gasteiger charge is 2.17. The molecule has 116 valence electrons. The number of aromatic nitrogens is 1. The van der Waals surface area contributed by atoms with Gasteiger partial charge < -0.3 is 9.84 Å². The van der Waals surface area contributed by atoms with E-state index in [0.29, 0.717) is 15.9 Å². The van der Waals surface area contributed by atoms with Crippen LogP contribution in [-0.4, -0.2) is 20.7 Å². The Hall–Kier alpha value is -3.06. The second-order valence-electron chi connectivity index (χ2n) is 4.66. The Morgan fingerprint density at radius 2 is 1.87 bits per heavy atom. The molecule has 0 unspecified atom stereocenters. The number of halogens is 1. The van der Waals surface area contributed by atoms with E-state index >= 15 is 0 Å². The Morgan fingerprint density at radius 1 is 1.17 bits per heavy atom. The fourth-order valence-corrected chi connectivity index (χ4v) is 2.33. The molecule has 3 aromatic rings. The van der Waals surface area contributed by atoms with Gasteiger partial charge in [0.1, 0.15) is 5.75 Å². The first-order valence-electron chi connectivity index (χ1n) is 6.42. The molecular formula is C15H9ClN2O5. The summed E-state index contributed by atoms with van der Waals surface area (Å²) in [6.07, 6.45) is -0.839. The maximum absolute atomic E-state index is 12.2. The fraction of sp³-hybridized carbons (Fsp3) is 0. The number of hydrogen-bond acceptors (Lipinski definition) is 5. The van der Waals surface area contributed by atoms with Gasteiger partial charge in [-0.2, -0.15) is 0 Å². The van der Waals surface area contributed by atoms with E-state index in [4.69, 9.17) is 16.3 Å². The summed E-state index contributed by atoms with van der Waals surface area (Å²) in [5.74, 6) is -0.176. The summed E-state index contributed by atoms with van der Waals surface area (Å²) in [7, 11) is 0. The lowest BCUT2D eigenvalue weighted by Crippen LogP contribution is -2.16. The van der Waals surface area contributed by atoms with Crippen molar-refractivity contribution < 1.29 is 19.6 Å². The first kappa shape index (κ1) is 14.9. The van der Waals surface area contributed by atoms with Crippen LogP contribution in [0.5, 0.6) is 11.6 Å². The minimum atomic E-state index is -0.839. The smallest absolute Gasteiger partial charge is 0.426 e. The summed E-state index contributed by atoms with van der Waals surface area (Å²) in [6, 6.07) is 11.2. The quantitative estimate of drug-likeness (QED) is 0.566. The largest absolute Gasteiger partial charge is 0.494 e. The molecule has 1 heterocycles. The Morgan fingerprint density at radius 3 is 2.52 bits per heavy atom. The van der Waals surface area contributed by atoms with Crippen molar-refractivity contribution in [2.75, 3.05) is 0 Å². The summed E-state index contributed by atoms with van der Waals surface area (Å²) in [5.41, 5.74) is 0.313. The first-order valence-corrected chi connectivity index (χ1v) is 6.80. The number of carbonyl (C=O) groups excluding carboxylic acids is 1. The number of carbonyl (C=O) groups is 1. The molecule has 1 aromatic heterocycles. The predicted molar refractivity (Wildman–Crippen MR) is 83.1 cm³/mol. The van der Waals surface area contributed by atoms with Gasteiger partial charge >= 0.3 is 6.09 Å². The van der Waals surface area contributed by atoms with Gasteiger partial charge in [0.25, 0.3) is 5.69 Å². The average molecular weight is 333 g/mol. The SMILES string of the molecule is O=C(Oc1ccc([N+](=O)[O-])cc1)n1c(O)cc2cc(Cl)ccc21. The molecule has 0 radical (unpaired) electrons. The highest BCUT2D eigenvalue weighted by molar-refractivity contribution is 6.31. The molecule has 0 aliphatic carbocycles. The van der Waals surface area contributed by atoms with Gasteiger partial charge in [0.15, 0.2) is 0 Å². The molecule has 23 heavy (non-hydrogen) atoms. The van der Waals surface area contributed by atoms with Crippen LogP contribution in [0.3, 0.4) is 0 Å². The molecule has 0 bridgehead atoms. The van der Waals surface area contributed by atoms with E-state index in [1.54, 1.807) is 18.2 Å². The summed E-state index contributed by atoms with van der Waals surface area (Å²) in [4.78, 5) is 22.3. The number of nitro benzene ring substituents is 1. The highest BCUT2D eigenvalue weighted by atomic mass is 35.5. The number of aromatic hydroxyl groups is 1. The van der Waals surface area contributed by atoms with Crippen LogP contribution in [0.15, 0.2) is 48.5 Å². The van der Waals surface area contributed by atoms with Crippen LogP contribution in [0.25, 0.3) is 10.9 Å². The van der Waals surface area contributed by atoms with E-state index < -0.39 is 11.0 Å². The van der Waals surface area contributed by atoms with Crippen LogP contribution < -0.4 is 4.74 Å². The van der Waals surface area contributed by atoms with E-state index in [2.05, 4.69) is 0 Å². The molecular weight excluding hydrogens is 324 g/mol. The lowest BCUT2D eigenvalue weighted by Gasteiger charge is -2.07. The van der Waals surface area contributed by atoms with Crippen molar-refractivity contribution in [3.63, 3.8) is 0 Å². The summed E-state index contributed by atoms with van der Waals surface area (Å²) in [5, 5.41) is 21.6. The van der Waals surface area contributed by atoms with Crippen molar-refractivity contribution in [1.29, 1.82) is 0 Å². The molecule has 0 amide bonds. The van der Waals surface area contributed by atoms with Crippen molar-refractivity contribution in [3.05, 3.63) is 63.7 Å². The van der Waals surface area contributed by atoms with Crippen molar-refractivity contribution >= 4 is 34.3 Å². The molecule has 0 aliphatic heterocycles. The maximum atomic E-state index is 12.2. The topological polar surface area (TPSA) is 94.6 Å². The molecule has 0 spiro atoms. The second kappa shape index (κ2) is 5.62. The fourth-order valence-electron chi connectivity index (χ4n) is 2.15. The Balaban J connectivity index is 1.91. The summed E-state index contributed by atoms with van der Waals surface area (Å²) < 4.78 is 6.10.